The van der Waals surface area contributed by atoms with Crippen LogP contribution in [-0.2, 0) is 4.79 Å². The van der Waals surface area contributed by atoms with Crippen molar-refractivity contribution in [3.63, 3.8) is 0 Å². The number of rotatable bonds is 5. The Morgan fingerprint density at radius 1 is 1.04 bits per heavy atom. The number of carbonyl (C=O) groups is 1. The molecule has 0 aromatic heterocycles. The van der Waals surface area contributed by atoms with Crippen LogP contribution in [-0.4, -0.2) is 26.2 Å². The van der Waals surface area contributed by atoms with E-state index in [0.717, 1.165) is 11.3 Å². The number of anilines is 1. The number of ether oxygens (including phenoxy) is 3. The lowest BCUT2D eigenvalue weighted by Crippen LogP contribution is -2.25. The molecule has 1 aliphatic rings. The van der Waals surface area contributed by atoms with Crippen molar-refractivity contribution in [3.8, 4) is 17.2 Å². The SMILES string of the molecule is COc1ccc(C(C(=O)Nc2ccc3c(c2)OCCO3)C(C)C)cc1. The molecule has 0 aliphatic carbocycles. The van der Waals surface area contributed by atoms with E-state index in [2.05, 4.69) is 5.32 Å². The van der Waals surface area contributed by atoms with Gasteiger partial charge in [-0.15, -0.1) is 0 Å². The lowest BCUT2D eigenvalue weighted by molar-refractivity contribution is -0.118. The summed E-state index contributed by atoms with van der Waals surface area (Å²) < 4.78 is 16.3. The first-order valence-corrected chi connectivity index (χ1v) is 8.43. The monoisotopic (exact) mass is 341 g/mol. The first-order chi connectivity index (χ1) is 12.1. The third-order valence-corrected chi connectivity index (χ3v) is 4.23. The minimum Gasteiger partial charge on any atom is -0.497 e. The van der Waals surface area contributed by atoms with E-state index in [1.165, 1.54) is 0 Å². The van der Waals surface area contributed by atoms with Crippen LogP contribution < -0.4 is 19.5 Å². The van der Waals surface area contributed by atoms with Crippen LogP contribution >= 0.6 is 0 Å². The minimum atomic E-state index is -0.251. The molecular formula is C20H23NO4. The zero-order chi connectivity index (χ0) is 17.8. The summed E-state index contributed by atoms with van der Waals surface area (Å²) in [7, 11) is 1.63. The second-order valence-corrected chi connectivity index (χ2v) is 6.34. The van der Waals surface area contributed by atoms with Gasteiger partial charge < -0.3 is 19.5 Å². The third kappa shape index (κ3) is 3.87. The summed E-state index contributed by atoms with van der Waals surface area (Å²) in [5.74, 6) is 2.01. The van der Waals surface area contributed by atoms with Crippen molar-refractivity contribution in [2.24, 2.45) is 5.92 Å². The summed E-state index contributed by atoms with van der Waals surface area (Å²) in [6, 6.07) is 13.1. The summed E-state index contributed by atoms with van der Waals surface area (Å²) in [4.78, 5) is 12.9. The molecule has 1 N–H and O–H groups in total. The number of amides is 1. The third-order valence-electron chi connectivity index (χ3n) is 4.23. The molecule has 1 aliphatic heterocycles. The fraction of sp³-hybridized carbons (Fsp3) is 0.350. The number of benzene rings is 2. The van der Waals surface area contributed by atoms with Gasteiger partial charge in [-0.25, -0.2) is 0 Å². The molecule has 1 amide bonds. The molecule has 0 fully saturated rings. The van der Waals surface area contributed by atoms with Gasteiger partial charge in [-0.3, -0.25) is 4.79 Å². The summed E-state index contributed by atoms with van der Waals surface area (Å²) in [6.07, 6.45) is 0. The van der Waals surface area contributed by atoms with Crippen molar-refractivity contribution in [1.82, 2.24) is 0 Å². The molecule has 2 aromatic rings. The summed E-state index contributed by atoms with van der Waals surface area (Å²) in [6.45, 7) is 5.15. The normalized spacial score (nSPS) is 14.1. The molecule has 1 unspecified atom stereocenters. The molecule has 132 valence electrons. The van der Waals surface area contributed by atoms with Gasteiger partial charge in [0.15, 0.2) is 11.5 Å². The molecule has 1 heterocycles. The summed E-state index contributed by atoms with van der Waals surface area (Å²) in [5.41, 5.74) is 1.67. The number of hydrogen-bond acceptors (Lipinski definition) is 4. The maximum atomic E-state index is 12.9. The molecule has 5 heteroatoms. The van der Waals surface area contributed by atoms with E-state index in [1.807, 2.05) is 50.2 Å². The second-order valence-electron chi connectivity index (χ2n) is 6.34. The Balaban J connectivity index is 1.78. The van der Waals surface area contributed by atoms with Crippen LogP contribution in [0.5, 0.6) is 17.2 Å². The topological polar surface area (TPSA) is 56.8 Å². The quantitative estimate of drug-likeness (QED) is 0.897. The average Bonchev–Trinajstić information content (AvgIpc) is 2.62. The van der Waals surface area contributed by atoms with E-state index in [-0.39, 0.29) is 17.7 Å². The van der Waals surface area contributed by atoms with Gasteiger partial charge in [0.25, 0.3) is 0 Å². The Hall–Kier alpha value is -2.69. The first kappa shape index (κ1) is 17.1. The Kier molecular flexibility index (Phi) is 5.12. The number of hydrogen-bond donors (Lipinski definition) is 1. The fourth-order valence-corrected chi connectivity index (χ4v) is 2.99. The van der Waals surface area contributed by atoms with Crippen LogP contribution in [0.1, 0.15) is 25.3 Å². The van der Waals surface area contributed by atoms with E-state index >= 15 is 0 Å². The molecule has 0 radical (unpaired) electrons. The minimum absolute atomic E-state index is 0.0446. The second kappa shape index (κ2) is 7.47. The zero-order valence-electron chi connectivity index (χ0n) is 14.7. The average molecular weight is 341 g/mol. The summed E-state index contributed by atoms with van der Waals surface area (Å²) >= 11 is 0. The van der Waals surface area contributed by atoms with Crippen LogP contribution in [0.4, 0.5) is 5.69 Å². The number of nitrogens with one attached hydrogen (secondary N) is 1. The lowest BCUT2D eigenvalue weighted by atomic mass is 9.87. The Bertz CT molecular complexity index is 740. The van der Waals surface area contributed by atoms with Gasteiger partial charge in [-0.1, -0.05) is 26.0 Å². The molecule has 2 aromatic carbocycles. The van der Waals surface area contributed by atoms with E-state index in [9.17, 15) is 4.79 Å². The lowest BCUT2D eigenvalue weighted by Gasteiger charge is -2.22. The van der Waals surface area contributed by atoms with Gasteiger partial charge in [0.1, 0.15) is 19.0 Å². The Morgan fingerprint density at radius 2 is 1.72 bits per heavy atom. The van der Waals surface area contributed by atoms with Gasteiger partial charge in [-0.05, 0) is 35.7 Å². The van der Waals surface area contributed by atoms with Gasteiger partial charge >= 0.3 is 0 Å². The highest BCUT2D eigenvalue weighted by atomic mass is 16.6. The highest BCUT2D eigenvalue weighted by Gasteiger charge is 2.25. The number of fused-ring (bicyclic) bond motifs is 1. The van der Waals surface area contributed by atoms with Gasteiger partial charge in [0, 0.05) is 11.8 Å². The molecule has 3 rings (SSSR count). The van der Waals surface area contributed by atoms with E-state index in [1.54, 1.807) is 13.2 Å². The largest absolute Gasteiger partial charge is 0.497 e. The van der Waals surface area contributed by atoms with Crippen molar-refractivity contribution in [2.75, 3.05) is 25.6 Å². The molecular weight excluding hydrogens is 318 g/mol. The standard InChI is InChI=1S/C20H23NO4/c1-13(2)19(14-4-7-16(23-3)8-5-14)20(22)21-15-6-9-17-18(12-15)25-11-10-24-17/h4-9,12-13,19H,10-11H2,1-3H3,(H,21,22). The first-order valence-electron chi connectivity index (χ1n) is 8.43. The van der Waals surface area contributed by atoms with Gasteiger partial charge in [0.2, 0.25) is 5.91 Å². The highest BCUT2D eigenvalue weighted by Crippen LogP contribution is 2.34. The number of methoxy groups -OCH3 is 1. The van der Waals surface area contributed by atoms with Crippen LogP contribution in [0.3, 0.4) is 0 Å². The van der Waals surface area contributed by atoms with Crippen LogP contribution in [0.15, 0.2) is 42.5 Å². The van der Waals surface area contributed by atoms with E-state index < -0.39 is 0 Å². The van der Waals surface area contributed by atoms with Crippen LogP contribution in [0, 0.1) is 5.92 Å². The smallest absolute Gasteiger partial charge is 0.232 e. The van der Waals surface area contributed by atoms with Gasteiger partial charge in [0.05, 0.1) is 13.0 Å². The predicted octanol–water partition coefficient (Wildman–Crippen LogP) is 3.84. The predicted molar refractivity (Wildman–Crippen MR) is 96.6 cm³/mol. The molecule has 1 atom stereocenters. The zero-order valence-corrected chi connectivity index (χ0v) is 14.7. The van der Waals surface area contributed by atoms with Crippen molar-refractivity contribution in [2.45, 2.75) is 19.8 Å². The van der Waals surface area contributed by atoms with Crippen molar-refractivity contribution in [3.05, 3.63) is 48.0 Å². The number of carbonyl (C=O) groups excluding carboxylic acids is 1. The van der Waals surface area contributed by atoms with E-state index in [0.29, 0.717) is 30.4 Å². The molecule has 0 spiro atoms. The van der Waals surface area contributed by atoms with Crippen molar-refractivity contribution in [1.29, 1.82) is 0 Å². The highest BCUT2D eigenvalue weighted by molar-refractivity contribution is 5.96. The summed E-state index contributed by atoms with van der Waals surface area (Å²) in [5, 5.41) is 2.99. The van der Waals surface area contributed by atoms with Crippen LogP contribution in [0.2, 0.25) is 0 Å². The van der Waals surface area contributed by atoms with E-state index in [4.69, 9.17) is 14.2 Å². The fourth-order valence-electron chi connectivity index (χ4n) is 2.99. The molecule has 0 saturated heterocycles. The molecule has 5 nitrogen and oxygen atoms in total. The van der Waals surface area contributed by atoms with Crippen molar-refractivity contribution >= 4 is 11.6 Å². The molecule has 25 heavy (non-hydrogen) atoms. The van der Waals surface area contributed by atoms with Gasteiger partial charge in [-0.2, -0.15) is 0 Å². The molecule has 0 bridgehead atoms. The van der Waals surface area contributed by atoms with Crippen LogP contribution in [0.25, 0.3) is 0 Å². The Morgan fingerprint density at radius 3 is 2.36 bits per heavy atom. The maximum absolute atomic E-state index is 12.9. The molecule has 0 saturated carbocycles. The Labute approximate surface area is 147 Å². The van der Waals surface area contributed by atoms with Crippen molar-refractivity contribution < 1.29 is 19.0 Å². The maximum Gasteiger partial charge on any atom is 0.232 e.